The molecular formula is C11H8BrClN2. The van der Waals surface area contributed by atoms with Gasteiger partial charge in [-0.25, -0.2) is 4.98 Å². The van der Waals surface area contributed by atoms with Crippen LogP contribution in [0.5, 0.6) is 0 Å². The lowest BCUT2D eigenvalue weighted by Crippen LogP contribution is -1.87. The minimum atomic E-state index is 0.480. The van der Waals surface area contributed by atoms with Crippen LogP contribution in [0.15, 0.2) is 29.0 Å². The number of halogens is 2. The molecule has 0 saturated heterocycles. The molecule has 2 aromatic heterocycles. The zero-order chi connectivity index (χ0) is 10.8. The van der Waals surface area contributed by atoms with E-state index >= 15 is 0 Å². The minimum absolute atomic E-state index is 0.480. The molecule has 0 aliphatic carbocycles. The molecule has 2 aromatic rings. The van der Waals surface area contributed by atoms with Crippen molar-refractivity contribution in [3.05, 3.63) is 39.9 Å². The fraction of sp³-hybridized carbons (Fsp3) is 0.0909. The van der Waals surface area contributed by atoms with Gasteiger partial charge in [0, 0.05) is 27.6 Å². The van der Waals surface area contributed by atoms with Crippen LogP contribution in [-0.4, -0.2) is 9.97 Å². The Kier molecular flexibility index (Phi) is 3.03. The Bertz CT molecular complexity index is 537. The van der Waals surface area contributed by atoms with Crippen LogP contribution in [-0.2, 0) is 0 Å². The Balaban J connectivity index is 2.83. The molecule has 2 heterocycles. The maximum atomic E-state index is 5.86. The van der Waals surface area contributed by atoms with Crippen molar-refractivity contribution in [2.24, 2.45) is 0 Å². The molecule has 0 atom stereocenters. The number of fused-ring (bicyclic) bond motifs is 1. The van der Waals surface area contributed by atoms with Gasteiger partial charge >= 0.3 is 0 Å². The lowest BCUT2D eigenvalue weighted by molar-refractivity contribution is 1.29. The highest BCUT2D eigenvalue weighted by Gasteiger charge is 2.04. The molecule has 0 aliphatic rings. The topological polar surface area (TPSA) is 25.8 Å². The second-order valence-corrected chi connectivity index (χ2v) is 4.29. The van der Waals surface area contributed by atoms with Gasteiger partial charge in [-0.05, 0) is 35.0 Å². The van der Waals surface area contributed by atoms with E-state index in [1.807, 2.05) is 25.1 Å². The third-order valence-corrected chi connectivity index (χ3v) is 2.88. The summed E-state index contributed by atoms with van der Waals surface area (Å²) in [5.41, 5.74) is 0.903. The summed E-state index contributed by atoms with van der Waals surface area (Å²) in [6.45, 7) is 1.96. The molecule has 15 heavy (non-hydrogen) atoms. The average molecular weight is 284 g/mol. The van der Waals surface area contributed by atoms with Crippen LogP contribution in [0, 0.1) is 0 Å². The number of rotatable bonds is 1. The van der Waals surface area contributed by atoms with Gasteiger partial charge in [0.15, 0.2) is 0 Å². The Labute approximate surface area is 101 Å². The van der Waals surface area contributed by atoms with Crippen molar-refractivity contribution in [1.29, 1.82) is 0 Å². The molecule has 0 N–H and O–H groups in total. The first kappa shape index (κ1) is 10.6. The summed E-state index contributed by atoms with van der Waals surface area (Å²) < 4.78 is 0.926. The molecule has 0 fully saturated rings. The summed E-state index contributed by atoms with van der Waals surface area (Å²) in [6, 6.07) is 1.82. The summed E-state index contributed by atoms with van der Waals surface area (Å²) in [4.78, 5) is 8.37. The third-order valence-electron chi connectivity index (χ3n) is 2.05. The van der Waals surface area contributed by atoms with Gasteiger partial charge < -0.3 is 0 Å². The SMILES string of the molecule is C/C=C/c1ncc(Br)c2cnc(Cl)cc12. The highest BCUT2D eigenvalue weighted by atomic mass is 79.9. The Hall–Kier alpha value is -0.930. The van der Waals surface area contributed by atoms with E-state index in [0.717, 1.165) is 20.9 Å². The Morgan fingerprint density at radius 1 is 1.27 bits per heavy atom. The molecule has 0 bridgehead atoms. The van der Waals surface area contributed by atoms with Gasteiger partial charge in [-0.1, -0.05) is 17.7 Å². The fourth-order valence-corrected chi connectivity index (χ4v) is 1.96. The maximum Gasteiger partial charge on any atom is 0.129 e. The number of hydrogen-bond donors (Lipinski definition) is 0. The monoisotopic (exact) mass is 282 g/mol. The highest BCUT2D eigenvalue weighted by Crippen LogP contribution is 2.26. The van der Waals surface area contributed by atoms with E-state index in [1.54, 1.807) is 12.4 Å². The lowest BCUT2D eigenvalue weighted by Gasteiger charge is -2.03. The predicted octanol–water partition coefficient (Wildman–Crippen LogP) is 4.08. The summed E-state index contributed by atoms with van der Waals surface area (Å²) >= 11 is 9.30. The zero-order valence-corrected chi connectivity index (χ0v) is 10.4. The molecule has 0 saturated carbocycles. The van der Waals surface area contributed by atoms with Gasteiger partial charge in [0.25, 0.3) is 0 Å². The van der Waals surface area contributed by atoms with Crippen LogP contribution in [0.3, 0.4) is 0 Å². The van der Waals surface area contributed by atoms with Crippen molar-refractivity contribution in [2.75, 3.05) is 0 Å². The molecular weight excluding hydrogens is 275 g/mol. The third kappa shape index (κ3) is 2.03. The van der Waals surface area contributed by atoms with Crippen LogP contribution in [0.2, 0.25) is 5.15 Å². The number of aromatic nitrogens is 2. The van der Waals surface area contributed by atoms with Gasteiger partial charge in [-0.15, -0.1) is 0 Å². The van der Waals surface area contributed by atoms with E-state index < -0.39 is 0 Å². The molecule has 0 radical (unpaired) electrons. The average Bonchev–Trinajstić information content (AvgIpc) is 2.22. The second-order valence-electron chi connectivity index (χ2n) is 3.04. The Morgan fingerprint density at radius 3 is 2.80 bits per heavy atom. The summed E-state index contributed by atoms with van der Waals surface area (Å²) in [5.74, 6) is 0. The molecule has 0 aliphatic heterocycles. The highest BCUT2D eigenvalue weighted by molar-refractivity contribution is 9.10. The van der Waals surface area contributed by atoms with E-state index in [4.69, 9.17) is 11.6 Å². The summed E-state index contributed by atoms with van der Waals surface area (Å²) in [5, 5.41) is 2.50. The molecule has 0 amide bonds. The van der Waals surface area contributed by atoms with Crippen molar-refractivity contribution in [3.63, 3.8) is 0 Å². The van der Waals surface area contributed by atoms with Crippen molar-refractivity contribution in [3.8, 4) is 0 Å². The number of allylic oxidation sites excluding steroid dienone is 1. The molecule has 0 spiro atoms. The van der Waals surface area contributed by atoms with Gasteiger partial charge in [-0.3, -0.25) is 4.98 Å². The van der Waals surface area contributed by atoms with Crippen molar-refractivity contribution < 1.29 is 0 Å². The lowest BCUT2D eigenvalue weighted by atomic mass is 10.1. The summed E-state index contributed by atoms with van der Waals surface area (Å²) in [7, 11) is 0. The predicted molar refractivity (Wildman–Crippen MR) is 67.0 cm³/mol. The molecule has 2 rings (SSSR count). The van der Waals surface area contributed by atoms with E-state index in [1.165, 1.54) is 0 Å². The van der Waals surface area contributed by atoms with Crippen molar-refractivity contribution in [2.45, 2.75) is 6.92 Å². The quantitative estimate of drug-likeness (QED) is 0.737. The second kappa shape index (κ2) is 4.29. The van der Waals surface area contributed by atoms with Crippen molar-refractivity contribution >= 4 is 44.4 Å². The fourth-order valence-electron chi connectivity index (χ4n) is 1.39. The first-order chi connectivity index (χ1) is 7.22. The van der Waals surface area contributed by atoms with Gasteiger partial charge in [-0.2, -0.15) is 0 Å². The minimum Gasteiger partial charge on any atom is -0.255 e. The smallest absolute Gasteiger partial charge is 0.129 e. The zero-order valence-electron chi connectivity index (χ0n) is 8.04. The van der Waals surface area contributed by atoms with Crippen molar-refractivity contribution in [1.82, 2.24) is 9.97 Å². The Morgan fingerprint density at radius 2 is 2.07 bits per heavy atom. The number of nitrogens with zero attached hydrogens (tertiary/aromatic N) is 2. The van der Waals surface area contributed by atoms with Gasteiger partial charge in [0.05, 0.1) is 5.69 Å². The summed E-state index contributed by atoms with van der Waals surface area (Å²) in [6.07, 6.45) is 7.42. The first-order valence-corrected chi connectivity index (χ1v) is 5.62. The van der Waals surface area contributed by atoms with Gasteiger partial charge in [0.2, 0.25) is 0 Å². The van der Waals surface area contributed by atoms with Crippen LogP contribution >= 0.6 is 27.5 Å². The van der Waals surface area contributed by atoms with E-state index in [0.29, 0.717) is 5.15 Å². The molecule has 0 aromatic carbocycles. The number of hydrogen-bond acceptors (Lipinski definition) is 2. The molecule has 2 nitrogen and oxygen atoms in total. The van der Waals surface area contributed by atoms with E-state index in [2.05, 4.69) is 25.9 Å². The van der Waals surface area contributed by atoms with E-state index in [-0.39, 0.29) is 0 Å². The van der Waals surface area contributed by atoms with Crippen LogP contribution < -0.4 is 0 Å². The standard InChI is InChI=1S/C11H8BrClN2/c1-2-3-10-7-4-11(13)15-5-8(7)9(12)6-14-10/h2-6H,1H3/b3-2+. The largest absolute Gasteiger partial charge is 0.255 e. The normalized spacial score (nSPS) is 11.4. The maximum absolute atomic E-state index is 5.86. The molecule has 4 heteroatoms. The van der Waals surface area contributed by atoms with E-state index in [9.17, 15) is 0 Å². The van der Waals surface area contributed by atoms with Crippen LogP contribution in [0.25, 0.3) is 16.8 Å². The molecule has 76 valence electrons. The van der Waals surface area contributed by atoms with Crippen LogP contribution in [0.4, 0.5) is 0 Å². The first-order valence-electron chi connectivity index (χ1n) is 4.45. The van der Waals surface area contributed by atoms with Crippen LogP contribution in [0.1, 0.15) is 12.6 Å². The molecule has 0 unspecified atom stereocenters. The number of pyridine rings is 2. The van der Waals surface area contributed by atoms with Gasteiger partial charge in [0.1, 0.15) is 5.15 Å².